The molecule has 4 aromatic rings. The first-order valence-corrected chi connectivity index (χ1v) is 26.7. The van der Waals surface area contributed by atoms with Crippen LogP contribution in [0.25, 0.3) is 0 Å². The van der Waals surface area contributed by atoms with Gasteiger partial charge >= 0.3 is 24.1 Å². The van der Waals surface area contributed by atoms with Crippen LogP contribution in [0.1, 0.15) is 129 Å². The van der Waals surface area contributed by atoms with Crippen LogP contribution in [0.5, 0.6) is 0 Å². The summed E-state index contributed by atoms with van der Waals surface area (Å²) >= 11 is 0. The highest BCUT2D eigenvalue weighted by atomic mass is 16.2. The van der Waals surface area contributed by atoms with E-state index >= 15 is 0 Å². The van der Waals surface area contributed by atoms with Crippen LogP contribution < -0.4 is 0 Å². The van der Waals surface area contributed by atoms with Crippen molar-refractivity contribution in [2.45, 2.75) is 158 Å². The highest BCUT2D eigenvalue weighted by Gasteiger charge is 2.40. The van der Waals surface area contributed by atoms with E-state index in [1.807, 2.05) is 112 Å². The highest BCUT2D eigenvalue weighted by molar-refractivity contribution is 5.77. The average Bonchev–Trinajstić information content (AvgIpc) is 3.34. The molecule has 0 aromatic carbocycles. The first kappa shape index (κ1) is 54.3. The molecule has 0 N–H and O–H groups in total. The van der Waals surface area contributed by atoms with Crippen LogP contribution in [-0.4, -0.2) is 178 Å². The van der Waals surface area contributed by atoms with E-state index < -0.39 is 0 Å². The van der Waals surface area contributed by atoms with Gasteiger partial charge in [-0.2, -0.15) is 0 Å². The van der Waals surface area contributed by atoms with Gasteiger partial charge in [0.15, 0.2) is 0 Å². The molecule has 8 amide bonds. The summed E-state index contributed by atoms with van der Waals surface area (Å²) in [5.41, 5.74) is 4.72. The quantitative estimate of drug-likeness (QED) is 0.172. The monoisotopic (exact) mass is 1040 g/mol. The third-order valence-corrected chi connectivity index (χ3v) is 15.0. The van der Waals surface area contributed by atoms with E-state index in [0.717, 1.165) is 45.6 Å². The van der Waals surface area contributed by atoms with Crippen LogP contribution in [0.2, 0.25) is 0 Å². The summed E-state index contributed by atoms with van der Waals surface area (Å²) in [6, 6.07) is 22.8. The highest BCUT2D eigenvalue weighted by Crippen LogP contribution is 2.29. The number of amides is 8. The van der Waals surface area contributed by atoms with Gasteiger partial charge in [-0.3, -0.25) is 39.5 Å². The number of carbonyl (C=O) groups is 4. The molecule has 0 unspecified atom stereocenters. The molecule has 5 aliphatic rings. The zero-order valence-electron chi connectivity index (χ0n) is 47.0. The van der Waals surface area contributed by atoms with Gasteiger partial charge in [0.25, 0.3) is 0 Å². The standard InChI is InChI=1S/C56H80N16O4/c1-53(2,3)69-33-61-25-41-17-13-19-43(57-41)27-63-35-70(54(4,5)6)37-65(50(63)74)29-45-21-15-23-47(59-45)31-67-39-72(56(10,11)12)40-68(52(67)76)32-48-24-16-22-46(60-48)30-66-38-71(55(7,8)9)36-64(51(66)75)28-44-20-14-18-42(58-44)26-62(34-69)49(61)73/h13-24H,25-40H2,1-12H3. The first-order valence-electron chi connectivity index (χ1n) is 26.7. The average molecular weight is 1040 g/mol. The summed E-state index contributed by atoms with van der Waals surface area (Å²) in [5.74, 6) is 0. The van der Waals surface area contributed by atoms with Gasteiger partial charge in [0, 0.05) is 22.2 Å². The Morgan fingerprint density at radius 3 is 0.513 bits per heavy atom. The Balaban J connectivity index is 1.06. The van der Waals surface area contributed by atoms with Crippen molar-refractivity contribution in [1.82, 2.24) is 78.7 Å². The van der Waals surface area contributed by atoms with Crippen LogP contribution in [-0.2, 0) is 52.4 Å². The lowest BCUT2D eigenvalue weighted by atomic mass is 10.1. The molecule has 9 heterocycles. The second-order valence-corrected chi connectivity index (χ2v) is 25.2. The van der Waals surface area contributed by atoms with E-state index in [1.165, 1.54) is 0 Å². The second-order valence-electron chi connectivity index (χ2n) is 25.2. The third-order valence-electron chi connectivity index (χ3n) is 15.0. The number of aromatic nitrogens is 4. The van der Waals surface area contributed by atoms with Gasteiger partial charge in [0.05, 0.1) is 151 Å². The maximum absolute atomic E-state index is 14.6. The Labute approximate surface area is 449 Å². The minimum atomic E-state index is -0.258. The van der Waals surface area contributed by atoms with Crippen molar-refractivity contribution in [3.63, 3.8) is 0 Å². The van der Waals surface area contributed by atoms with Crippen molar-refractivity contribution < 1.29 is 19.2 Å². The maximum Gasteiger partial charge on any atom is 0.322 e. The molecule has 76 heavy (non-hydrogen) atoms. The number of pyridine rings is 4. The van der Waals surface area contributed by atoms with Crippen molar-refractivity contribution >= 4 is 24.1 Å². The van der Waals surface area contributed by atoms with E-state index in [9.17, 15) is 19.2 Å². The fourth-order valence-corrected chi connectivity index (χ4v) is 10.1. The van der Waals surface area contributed by atoms with Gasteiger partial charge in [-0.1, -0.05) is 24.3 Å². The summed E-state index contributed by atoms with van der Waals surface area (Å²) in [6.45, 7) is 31.2. The summed E-state index contributed by atoms with van der Waals surface area (Å²) in [6.07, 6.45) is 0. The Hall–Kier alpha value is -6.48. The molecule has 0 spiro atoms. The number of urea groups is 4. The summed E-state index contributed by atoms with van der Waals surface area (Å²) in [4.78, 5) is 102. The fourth-order valence-electron chi connectivity index (χ4n) is 10.1. The number of hydrogen-bond donors (Lipinski definition) is 0. The van der Waals surface area contributed by atoms with Crippen molar-refractivity contribution in [2.24, 2.45) is 0 Å². The number of rotatable bonds is 0. The molecule has 4 aromatic heterocycles. The predicted molar refractivity (Wildman–Crippen MR) is 288 cm³/mol. The molecule has 0 radical (unpaired) electrons. The van der Waals surface area contributed by atoms with E-state index in [1.54, 1.807) is 0 Å². The summed E-state index contributed by atoms with van der Waals surface area (Å²) in [7, 11) is 0. The molecule has 20 nitrogen and oxygen atoms in total. The molecule has 4 fully saturated rings. The molecule has 408 valence electrons. The predicted octanol–water partition coefficient (Wildman–Crippen LogP) is 7.39. The van der Waals surface area contributed by atoms with Crippen molar-refractivity contribution in [3.8, 4) is 0 Å². The van der Waals surface area contributed by atoms with E-state index in [-0.39, 0.29) is 98.6 Å². The second kappa shape index (κ2) is 21.2. The van der Waals surface area contributed by atoms with Gasteiger partial charge < -0.3 is 39.2 Å². The third kappa shape index (κ3) is 12.7. The SMILES string of the molecule is CC(C)(C)N1CN2Cc3cccc(n3)CN3CN(C(C)(C)C)CN(Cc4cccc(n4)CN4CN(C(C)(C)C)CN(Cc5cccc(n5)CN5CN(C(C)(C)C)CN(Cc6cccc(n6)CN(C1)C2=O)C5=O)C4=O)C3=O. The van der Waals surface area contributed by atoms with E-state index in [0.29, 0.717) is 53.3 Å². The van der Waals surface area contributed by atoms with Crippen LogP contribution in [0, 0.1) is 0 Å². The number of nitrogens with zero attached hydrogens (tertiary/aromatic N) is 16. The van der Waals surface area contributed by atoms with Gasteiger partial charge in [0.1, 0.15) is 0 Å². The van der Waals surface area contributed by atoms with Crippen molar-refractivity contribution in [3.05, 3.63) is 118 Å². The van der Waals surface area contributed by atoms with Crippen molar-refractivity contribution in [1.29, 1.82) is 0 Å². The molecule has 0 atom stereocenters. The lowest BCUT2D eigenvalue weighted by Gasteiger charge is -2.48. The fraction of sp³-hybridized carbons (Fsp3) is 0.571. The number of carbonyl (C=O) groups excluding carboxylic acids is 4. The van der Waals surface area contributed by atoms with Gasteiger partial charge in [-0.25, -0.2) is 19.2 Å². The summed E-state index contributed by atoms with van der Waals surface area (Å²) in [5, 5.41) is 0. The zero-order chi connectivity index (χ0) is 54.5. The lowest BCUT2D eigenvalue weighted by molar-refractivity contribution is -0.0220. The Morgan fingerprint density at radius 1 is 0.263 bits per heavy atom. The van der Waals surface area contributed by atoms with Gasteiger partial charge in [-0.15, -0.1) is 0 Å². The van der Waals surface area contributed by atoms with Crippen LogP contribution in [0.3, 0.4) is 0 Å². The lowest BCUT2D eigenvalue weighted by Crippen LogP contribution is -2.62. The normalized spacial score (nSPS) is 20.3. The van der Waals surface area contributed by atoms with Crippen LogP contribution >= 0.6 is 0 Å². The molecule has 0 saturated carbocycles. The molecule has 4 saturated heterocycles. The van der Waals surface area contributed by atoms with Crippen LogP contribution in [0.4, 0.5) is 19.2 Å². The topological polar surface area (TPSA) is 159 Å². The van der Waals surface area contributed by atoms with Crippen LogP contribution in [0.15, 0.2) is 72.8 Å². The summed E-state index contributed by atoms with van der Waals surface area (Å²) < 4.78 is 0. The molecule has 5 aliphatic heterocycles. The zero-order valence-corrected chi connectivity index (χ0v) is 47.0. The number of hydrogen-bond acceptors (Lipinski definition) is 12. The maximum atomic E-state index is 14.6. The molecular formula is C56H80N16O4. The largest absolute Gasteiger partial charge is 0.322 e. The van der Waals surface area contributed by atoms with E-state index in [2.05, 4.69) is 103 Å². The molecule has 16 bridgehead atoms. The van der Waals surface area contributed by atoms with E-state index in [4.69, 9.17) is 19.9 Å². The molecular weight excluding hydrogens is 961 g/mol. The Morgan fingerprint density at radius 2 is 0.395 bits per heavy atom. The first-order chi connectivity index (χ1) is 35.7. The Kier molecular flexibility index (Phi) is 15.1. The smallest absolute Gasteiger partial charge is 0.306 e. The molecule has 0 aliphatic carbocycles. The van der Waals surface area contributed by atoms with Gasteiger partial charge in [0.2, 0.25) is 0 Å². The Bertz CT molecular complexity index is 2270. The van der Waals surface area contributed by atoms with Gasteiger partial charge in [-0.05, 0) is 132 Å². The minimum absolute atomic E-state index is 0.123. The number of fused-ring (bicyclic) bond motifs is 16. The minimum Gasteiger partial charge on any atom is -0.306 e. The van der Waals surface area contributed by atoms with Crippen molar-refractivity contribution in [2.75, 3.05) is 53.3 Å². The molecule has 9 rings (SSSR count). The molecule has 20 heteroatoms.